The van der Waals surface area contributed by atoms with E-state index in [1.54, 1.807) is 12.1 Å². The van der Waals surface area contributed by atoms with Gasteiger partial charge in [0, 0.05) is 30.5 Å². The van der Waals surface area contributed by atoms with Gasteiger partial charge in [0.05, 0.1) is 10.8 Å². The summed E-state index contributed by atoms with van der Waals surface area (Å²) in [6, 6.07) is 17.6. The lowest BCUT2D eigenvalue weighted by Gasteiger charge is -2.34. The van der Waals surface area contributed by atoms with Gasteiger partial charge in [-0.1, -0.05) is 42.5 Å². The molecule has 2 aromatic rings. The molecule has 7 nitrogen and oxygen atoms in total. The minimum absolute atomic E-state index is 0.0311. The minimum Gasteiger partial charge on any atom is -0.444 e. The number of ketones is 1. The number of carbonyl (C=O) groups excluding carboxylic acids is 1. The zero-order chi connectivity index (χ0) is 20.5. The summed E-state index contributed by atoms with van der Waals surface area (Å²) in [7, 11) is 0. The average molecular weight is 387 g/mol. The van der Waals surface area contributed by atoms with Crippen LogP contribution in [0.25, 0.3) is 0 Å². The van der Waals surface area contributed by atoms with Crippen molar-refractivity contribution in [1.29, 1.82) is 5.26 Å². The second-order valence-electron chi connectivity index (χ2n) is 7.05. The van der Waals surface area contributed by atoms with Crippen molar-refractivity contribution in [2.45, 2.75) is 24.7 Å². The summed E-state index contributed by atoms with van der Waals surface area (Å²) in [5, 5.41) is 20.6. The summed E-state index contributed by atoms with van der Waals surface area (Å²) in [6.45, 7) is 0. The Morgan fingerprint density at radius 1 is 1.07 bits per heavy atom. The number of benzene rings is 2. The van der Waals surface area contributed by atoms with Crippen LogP contribution in [0, 0.1) is 21.4 Å². The molecular formula is C22H17N3O4. The Kier molecular flexibility index (Phi) is 4.61. The number of nitrogens with zero attached hydrogens (tertiary/aromatic N) is 2. The van der Waals surface area contributed by atoms with Gasteiger partial charge in [-0.15, -0.1) is 0 Å². The van der Waals surface area contributed by atoms with E-state index in [1.165, 1.54) is 12.1 Å². The molecule has 0 aromatic heterocycles. The van der Waals surface area contributed by atoms with Gasteiger partial charge in [0.25, 0.3) is 5.69 Å². The highest BCUT2D eigenvalue weighted by molar-refractivity contribution is 6.00. The lowest BCUT2D eigenvalue weighted by atomic mass is 9.73. The first kappa shape index (κ1) is 18.4. The number of hydrogen-bond donors (Lipinski definition) is 1. The Labute approximate surface area is 166 Å². The van der Waals surface area contributed by atoms with Gasteiger partial charge in [0.15, 0.2) is 5.78 Å². The fraction of sp³-hybridized carbons (Fsp3) is 0.182. The van der Waals surface area contributed by atoms with Crippen molar-refractivity contribution in [1.82, 2.24) is 0 Å². The molecule has 2 aliphatic rings. The molecular weight excluding hydrogens is 370 g/mol. The van der Waals surface area contributed by atoms with Gasteiger partial charge in [-0.05, 0) is 17.0 Å². The Hall–Kier alpha value is -3.92. The smallest absolute Gasteiger partial charge is 0.269 e. The predicted octanol–water partition coefficient (Wildman–Crippen LogP) is 3.80. The zero-order valence-corrected chi connectivity index (χ0v) is 15.4. The Morgan fingerprint density at radius 2 is 1.76 bits per heavy atom. The highest BCUT2D eigenvalue weighted by Crippen LogP contribution is 2.46. The zero-order valence-electron chi connectivity index (χ0n) is 15.4. The predicted molar refractivity (Wildman–Crippen MR) is 104 cm³/mol. The normalized spacial score (nSPS) is 21.3. The van der Waals surface area contributed by atoms with Crippen molar-refractivity contribution < 1.29 is 14.5 Å². The Morgan fingerprint density at radius 3 is 2.38 bits per heavy atom. The molecule has 0 spiro atoms. The number of hydrogen-bond acceptors (Lipinski definition) is 6. The second-order valence-corrected chi connectivity index (χ2v) is 7.05. The molecule has 2 aromatic carbocycles. The Bertz CT molecular complexity index is 1100. The third-order valence-corrected chi connectivity index (χ3v) is 5.37. The topological polar surface area (TPSA) is 119 Å². The van der Waals surface area contributed by atoms with Crippen molar-refractivity contribution in [3.63, 3.8) is 0 Å². The molecule has 1 aliphatic carbocycles. The molecule has 1 aliphatic heterocycles. The average Bonchev–Trinajstić information content (AvgIpc) is 2.73. The van der Waals surface area contributed by atoms with Crippen molar-refractivity contribution in [3.8, 4) is 6.07 Å². The van der Waals surface area contributed by atoms with Crippen LogP contribution >= 0.6 is 0 Å². The number of nitro benzene ring substituents is 1. The quantitative estimate of drug-likeness (QED) is 0.632. The highest BCUT2D eigenvalue weighted by Gasteiger charge is 2.40. The molecule has 0 amide bonds. The summed E-state index contributed by atoms with van der Waals surface area (Å²) in [6.07, 6.45) is 0.794. The largest absolute Gasteiger partial charge is 0.444 e. The Balaban J connectivity index is 1.77. The number of nitrogens with two attached hydrogens (primary N) is 1. The van der Waals surface area contributed by atoms with Crippen LogP contribution in [0.15, 0.2) is 77.4 Å². The molecule has 2 atom stereocenters. The van der Waals surface area contributed by atoms with Crippen LogP contribution in [0.5, 0.6) is 0 Å². The van der Waals surface area contributed by atoms with Crippen LogP contribution in [0.4, 0.5) is 5.69 Å². The fourth-order valence-corrected chi connectivity index (χ4v) is 3.99. The lowest BCUT2D eigenvalue weighted by molar-refractivity contribution is -0.384. The molecule has 0 radical (unpaired) electrons. The third-order valence-electron chi connectivity index (χ3n) is 5.37. The van der Waals surface area contributed by atoms with E-state index in [0.717, 1.165) is 5.56 Å². The second kappa shape index (κ2) is 7.24. The number of nitro groups is 1. The van der Waals surface area contributed by atoms with E-state index in [-0.39, 0.29) is 28.8 Å². The summed E-state index contributed by atoms with van der Waals surface area (Å²) in [4.78, 5) is 23.6. The summed E-state index contributed by atoms with van der Waals surface area (Å²) in [5.41, 5.74) is 8.14. The molecule has 0 saturated heterocycles. The van der Waals surface area contributed by atoms with E-state index in [9.17, 15) is 20.2 Å². The molecule has 0 saturated carbocycles. The maximum absolute atomic E-state index is 13.1. The van der Waals surface area contributed by atoms with Crippen LogP contribution in [0.2, 0.25) is 0 Å². The maximum Gasteiger partial charge on any atom is 0.269 e. The monoisotopic (exact) mass is 387 g/mol. The van der Waals surface area contributed by atoms with Crippen LogP contribution in [-0.2, 0) is 9.53 Å². The minimum atomic E-state index is -0.686. The third kappa shape index (κ3) is 3.25. The molecule has 0 bridgehead atoms. The fourth-order valence-electron chi connectivity index (χ4n) is 3.99. The van der Waals surface area contributed by atoms with Gasteiger partial charge in [0.2, 0.25) is 5.88 Å². The van der Waals surface area contributed by atoms with Gasteiger partial charge in [-0.2, -0.15) is 5.26 Å². The van der Waals surface area contributed by atoms with Crippen molar-refractivity contribution in [2.24, 2.45) is 5.73 Å². The van der Waals surface area contributed by atoms with E-state index in [1.807, 2.05) is 36.4 Å². The van der Waals surface area contributed by atoms with E-state index >= 15 is 0 Å². The van der Waals surface area contributed by atoms with E-state index in [4.69, 9.17) is 10.5 Å². The number of non-ortho nitro benzene ring substituents is 1. The standard InChI is InChI=1S/C22H17N3O4/c23-12-17-20(14-6-8-16(9-7-14)25(27)28)21-18(26)10-15(11-19(21)29-22(17)24)13-4-2-1-3-5-13/h1-9,15,20H,10-11,24H2/t15-,20+/m1/s1. The van der Waals surface area contributed by atoms with Gasteiger partial charge >= 0.3 is 0 Å². The first-order valence-electron chi connectivity index (χ1n) is 9.12. The number of ether oxygens (including phenoxy) is 1. The van der Waals surface area contributed by atoms with Crippen molar-refractivity contribution >= 4 is 11.5 Å². The molecule has 7 heteroatoms. The summed E-state index contributed by atoms with van der Waals surface area (Å²) >= 11 is 0. The molecule has 144 valence electrons. The maximum atomic E-state index is 13.1. The van der Waals surface area contributed by atoms with Gasteiger partial charge in [-0.3, -0.25) is 14.9 Å². The molecule has 0 fully saturated rings. The van der Waals surface area contributed by atoms with Gasteiger partial charge in [0.1, 0.15) is 17.4 Å². The van der Waals surface area contributed by atoms with Crippen LogP contribution < -0.4 is 5.73 Å². The van der Waals surface area contributed by atoms with Crippen molar-refractivity contribution in [2.75, 3.05) is 0 Å². The number of rotatable bonds is 3. The van der Waals surface area contributed by atoms with E-state index in [0.29, 0.717) is 29.7 Å². The number of nitriles is 1. The van der Waals surface area contributed by atoms with Crippen LogP contribution in [0.3, 0.4) is 0 Å². The number of Topliss-reactive ketones (excluding diaryl/α,β-unsaturated/α-hetero) is 1. The van der Waals surface area contributed by atoms with Crippen LogP contribution in [0.1, 0.15) is 35.8 Å². The SMILES string of the molecule is N#CC1=C(N)OC2=C(C(=O)C[C@@H](c3ccccc3)C2)[C@H]1c1ccc([N+](=O)[O-])cc1. The summed E-state index contributed by atoms with van der Waals surface area (Å²) < 4.78 is 5.72. The van der Waals surface area contributed by atoms with E-state index < -0.39 is 10.8 Å². The highest BCUT2D eigenvalue weighted by atomic mass is 16.6. The van der Waals surface area contributed by atoms with Gasteiger partial charge in [-0.25, -0.2) is 0 Å². The number of carbonyl (C=O) groups is 1. The molecule has 2 N–H and O–H groups in total. The number of allylic oxidation sites excluding steroid dienone is 3. The van der Waals surface area contributed by atoms with Gasteiger partial charge < -0.3 is 10.5 Å². The molecule has 29 heavy (non-hydrogen) atoms. The lowest BCUT2D eigenvalue weighted by Crippen LogP contribution is -2.29. The molecule has 1 heterocycles. The molecule has 4 rings (SSSR count). The first-order chi connectivity index (χ1) is 14.0. The molecule has 0 unspecified atom stereocenters. The van der Waals surface area contributed by atoms with Crippen molar-refractivity contribution in [3.05, 3.63) is 98.6 Å². The first-order valence-corrected chi connectivity index (χ1v) is 9.12. The van der Waals surface area contributed by atoms with Crippen LogP contribution in [-0.4, -0.2) is 10.7 Å². The van der Waals surface area contributed by atoms with E-state index in [2.05, 4.69) is 0 Å². The summed E-state index contributed by atoms with van der Waals surface area (Å²) in [5.74, 6) is -0.389.